The molecule has 9 heteroatoms. The van der Waals surface area contributed by atoms with Crippen LogP contribution in [0.25, 0.3) is 11.0 Å². The molecule has 3 aromatic rings. The summed E-state index contributed by atoms with van der Waals surface area (Å²) in [6, 6.07) is 4.79. The maximum atomic E-state index is 12.4. The van der Waals surface area contributed by atoms with Gasteiger partial charge in [-0.2, -0.15) is 0 Å². The molecule has 0 aliphatic heterocycles. The van der Waals surface area contributed by atoms with Crippen LogP contribution in [-0.4, -0.2) is 23.4 Å². The largest absolute Gasteiger partial charge is 0.399 e. The van der Waals surface area contributed by atoms with Gasteiger partial charge < -0.3 is 10.7 Å². The number of nitrogen functional groups attached to an aromatic ring is 1. The third-order valence-corrected chi connectivity index (χ3v) is 4.68. The first-order chi connectivity index (χ1) is 10.5. The van der Waals surface area contributed by atoms with Crippen LogP contribution in [0, 0.1) is 0 Å². The molecule has 22 heavy (non-hydrogen) atoms. The lowest BCUT2D eigenvalue weighted by Crippen LogP contribution is -2.23. The van der Waals surface area contributed by atoms with Crippen molar-refractivity contribution in [2.24, 2.45) is 0 Å². The second-order valence-corrected chi connectivity index (χ2v) is 6.78. The van der Waals surface area contributed by atoms with Crippen molar-refractivity contribution < 1.29 is 8.42 Å². The number of fused-ring (bicyclic) bond motifs is 1. The molecule has 0 aromatic carbocycles. The van der Waals surface area contributed by atoms with E-state index in [1.165, 1.54) is 18.6 Å². The summed E-state index contributed by atoms with van der Waals surface area (Å²) in [5, 5.41) is 0.793. The van der Waals surface area contributed by atoms with E-state index >= 15 is 0 Å². The molecule has 0 amide bonds. The maximum Gasteiger partial charge on any atom is 0.243 e. The van der Waals surface area contributed by atoms with Crippen molar-refractivity contribution in [3.8, 4) is 0 Å². The molecule has 0 bridgehead atoms. The van der Waals surface area contributed by atoms with E-state index in [1.807, 2.05) is 0 Å². The van der Waals surface area contributed by atoms with E-state index in [2.05, 4.69) is 19.7 Å². The zero-order valence-corrected chi connectivity index (χ0v) is 12.8. The molecule has 0 atom stereocenters. The van der Waals surface area contributed by atoms with Crippen LogP contribution in [0.4, 0.5) is 5.69 Å². The number of nitrogens with two attached hydrogens (primary N) is 1. The van der Waals surface area contributed by atoms with Gasteiger partial charge >= 0.3 is 0 Å². The normalized spacial score (nSPS) is 11.9. The Morgan fingerprint density at radius 2 is 2.14 bits per heavy atom. The van der Waals surface area contributed by atoms with E-state index < -0.39 is 10.0 Å². The number of hydrogen-bond acceptors (Lipinski definition) is 5. The summed E-state index contributed by atoms with van der Waals surface area (Å²) in [5.41, 5.74) is 7.14. The molecule has 4 N–H and O–H groups in total. The second kappa shape index (κ2) is 5.56. The zero-order chi connectivity index (χ0) is 15.7. The van der Waals surface area contributed by atoms with Crippen LogP contribution in [0.2, 0.25) is 5.02 Å². The molecule has 7 nitrogen and oxygen atoms in total. The van der Waals surface area contributed by atoms with Crippen LogP contribution in [0.1, 0.15) is 5.69 Å². The van der Waals surface area contributed by atoms with Crippen LogP contribution in [0.5, 0.6) is 0 Å². The lowest BCUT2D eigenvalue weighted by molar-refractivity contribution is 0.581. The summed E-state index contributed by atoms with van der Waals surface area (Å²) < 4.78 is 27.3. The number of nitrogens with zero attached hydrogens (tertiary/aromatic N) is 2. The first-order valence-corrected chi connectivity index (χ1v) is 8.14. The molecule has 0 fully saturated rings. The summed E-state index contributed by atoms with van der Waals surface area (Å²) >= 11 is 5.87. The Bertz CT molecular complexity index is 939. The number of H-pyrrole nitrogens is 1. The summed E-state index contributed by atoms with van der Waals surface area (Å²) in [5.74, 6) is 0. The summed E-state index contributed by atoms with van der Waals surface area (Å²) in [6.07, 6.45) is 4.35. The highest BCUT2D eigenvalue weighted by Gasteiger charge is 2.19. The highest BCUT2D eigenvalue weighted by Crippen LogP contribution is 2.24. The predicted octanol–water partition coefficient (Wildman–Crippen LogP) is 1.67. The maximum absolute atomic E-state index is 12.4. The lowest BCUT2D eigenvalue weighted by Gasteiger charge is -2.06. The Morgan fingerprint density at radius 3 is 2.91 bits per heavy atom. The molecule has 0 spiro atoms. The van der Waals surface area contributed by atoms with Crippen LogP contribution in [0.3, 0.4) is 0 Å². The monoisotopic (exact) mass is 337 g/mol. The average Bonchev–Trinajstić information content (AvgIpc) is 2.89. The standard InChI is InChI=1S/C13H12ClN5O2S/c14-8-3-11-12(7-18-13(11)17-5-8)22(20,21)19-6-10-4-9(15)1-2-16-10/h1-5,7,19H,6H2,(H2,15,16)(H,17,18). The SMILES string of the molecule is Nc1ccnc(CNS(=O)(=O)c2c[nH]c3ncc(Cl)cc23)c1. The van der Waals surface area contributed by atoms with Gasteiger partial charge in [0.05, 0.1) is 17.3 Å². The van der Waals surface area contributed by atoms with E-state index in [-0.39, 0.29) is 11.4 Å². The number of rotatable bonds is 4. The van der Waals surface area contributed by atoms with Crippen LogP contribution < -0.4 is 10.5 Å². The Balaban J connectivity index is 1.90. The second-order valence-electron chi connectivity index (χ2n) is 4.61. The van der Waals surface area contributed by atoms with Crippen LogP contribution in [0.15, 0.2) is 41.7 Å². The first kappa shape index (κ1) is 14.8. The van der Waals surface area contributed by atoms with Gasteiger partial charge in [-0.15, -0.1) is 0 Å². The van der Waals surface area contributed by atoms with Gasteiger partial charge in [0.1, 0.15) is 10.5 Å². The highest BCUT2D eigenvalue weighted by molar-refractivity contribution is 7.89. The van der Waals surface area contributed by atoms with Gasteiger partial charge in [-0.25, -0.2) is 18.1 Å². The Labute approximate surface area is 131 Å². The summed E-state index contributed by atoms with van der Waals surface area (Å²) in [4.78, 5) is 11.0. The van der Waals surface area contributed by atoms with Crippen molar-refractivity contribution >= 4 is 38.3 Å². The fourth-order valence-electron chi connectivity index (χ4n) is 2.02. The Hall–Kier alpha value is -2.16. The predicted molar refractivity (Wildman–Crippen MR) is 83.8 cm³/mol. The number of hydrogen-bond donors (Lipinski definition) is 3. The minimum atomic E-state index is -3.73. The minimum absolute atomic E-state index is 0.0358. The van der Waals surface area contributed by atoms with Gasteiger partial charge in [0, 0.05) is 29.7 Å². The van der Waals surface area contributed by atoms with Gasteiger partial charge in [0.2, 0.25) is 10.0 Å². The van der Waals surface area contributed by atoms with Crippen molar-refractivity contribution in [1.82, 2.24) is 19.7 Å². The number of sulfonamides is 1. The van der Waals surface area contributed by atoms with E-state index in [0.29, 0.717) is 27.4 Å². The number of nitrogens with one attached hydrogen (secondary N) is 2. The number of aromatic amines is 1. The summed E-state index contributed by atoms with van der Waals surface area (Å²) in [7, 11) is -3.73. The molecule has 3 aromatic heterocycles. The van der Waals surface area contributed by atoms with E-state index in [9.17, 15) is 8.42 Å². The van der Waals surface area contributed by atoms with Crippen molar-refractivity contribution in [3.05, 3.63) is 47.5 Å². The Morgan fingerprint density at radius 1 is 1.32 bits per heavy atom. The molecule has 3 rings (SSSR count). The topological polar surface area (TPSA) is 114 Å². The molecule has 0 radical (unpaired) electrons. The first-order valence-electron chi connectivity index (χ1n) is 6.28. The minimum Gasteiger partial charge on any atom is -0.399 e. The molecule has 3 heterocycles. The molecule has 0 saturated carbocycles. The third-order valence-electron chi connectivity index (χ3n) is 3.03. The van der Waals surface area contributed by atoms with Crippen molar-refractivity contribution in [1.29, 1.82) is 0 Å². The van der Waals surface area contributed by atoms with Gasteiger partial charge in [-0.3, -0.25) is 4.98 Å². The molecular weight excluding hydrogens is 326 g/mol. The summed E-state index contributed by atoms with van der Waals surface area (Å²) in [6.45, 7) is 0.0358. The fourth-order valence-corrected chi connectivity index (χ4v) is 3.33. The highest BCUT2D eigenvalue weighted by atomic mass is 35.5. The lowest BCUT2D eigenvalue weighted by atomic mass is 10.3. The third kappa shape index (κ3) is 2.89. The number of aromatic nitrogens is 3. The Kier molecular flexibility index (Phi) is 3.73. The molecule has 114 valence electrons. The van der Waals surface area contributed by atoms with E-state index in [0.717, 1.165) is 0 Å². The zero-order valence-electron chi connectivity index (χ0n) is 11.2. The van der Waals surface area contributed by atoms with Crippen molar-refractivity contribution in [3.63, 3.8) is 0 Å². The fraction of sp³-hybridized carbons (Fsp3) is 0.0769. The smallest absolute Gasteiger partial charge is 0.243 e. The van der Waals surface area contributed by atoms with Crippen LogP contribution in [-0.2, 0) is 16.6 Å². The van der Waals surface area contributed by atoms with Gasteiger partial charge in [-0.05, 0) is 18.2 Å². The molecule has 0 aliphatic carbocycles. The number of anilines is 1. The van der Waals surface area contributed by atoms with Gasteiger partial charge in [0.15, 0.2) is 0 Å². The van der Waals surface area contributed by atoms with Crippen molar-refractivity contribution in [2.45, 2.75) is 11.4 Å². The van der Waals surface area contributed by atoms with Crippen molar-refractivity contribution in [2.75, 3.05) is 5.73 Å². The van der Waals surface area contributed by atoms with Gasteiger partial charge in [-0.1, -0.05) is 11.6 Å². The van der Waals surface area contributed by atoms with E-state index in [1.54, 1.807) is 18.2 Å². The average molecular weight is 338 g/mol. The van der Waals surface area contributed by atoms with Crippen LogP contribution >= 0.6 is 11.6 Å². The molecular formula is C13H12ClN5O2S. The molecule has 0 saturated heterocycles. The molecule has 0 aliphatic rings. The van der Waals surface area contributed by atoms with E-state index in [4.69, 9.17) is 17.3 Å². The molecule has 0 unspecified atom stereocenters. The number of halogens is 1. The van der Waals surface area contributed by atoms with Gasteiger partial charge in [0.25, 0.3) is 0 Å². The number of pyridine rings is 2. The quantitative estimate of drug-likeness (QED) is 0.670.